The van der Waals surface area contributed by atoms with Crippen LogP contribution in [0.5, 0.6) is 0 Å². The van der Waals surface area contributed by atoms with Crippen LogP contribution in [0, 0.1) is 11.3 Å². The molecular weight excluding hydrogens is 144 g/mol. The molecule has 0 fully saturated rings. The third-order valence-electron chi connectivity index (χ3n) is 0.779. The molecule has 1 aromatic rings. The molecule has 4 nitrogen and oxygen atoms in total. The molecule has 1 heterocycles. The second-order valence-corrected chi connectivity index (χ2v) is 1.41. The van der Waals surface area contributed by atoms with Crippen molar-refractivity contribution >= 4 is 6.15 Å². The van der Waals surface area contributed by atoms with Crippen molar-refractivity contribution in [3.63, 3.8) is 0 Å². The summed E-state index contributed by atoms with van der Waals surface area (Å²) in [4.78, 5) is 20.0. The summed E-state index contributed by atoms with van der Waals surface area (Å²) in [6.45, 7) is 0. The van der Waals surface area contributed by atoms with Crippen molar-refractivity contribution in [2.24, 2.45) is 0 Å². The minimum absolute atomic E-state index is 0.250. The highest BCUT2D eigenvalue weighted by atomic mass is 16.2. The molecular formula is C7H4N2O2. The molecule has 0 saturated heterocycles. The van der Waals surface area contributed by atoms with Crippen LogP contribution < -0.4 is 0 Å². The Morgan fingerprint density at radius 3 is 2.27 bits per heavy atom. The van der Waals surface area contributed by atoms with Gasteiger partial charge in [-0.25, -0.2) is 4.98 Å². The third-order valence-corrected chi connectivity index (χ3v) is 0.779. The van der Waals surface area contributed by atoms with Gasteiger partial charge in [0.2, 0.25) is 0 Å². The van der Waals surface area contributed by atoms with Crippen molar-refractivity contribution in [1.82, 2.24) is 4.98 Å². The van der Waals surface area contributed by atoms with Gasteiger partial charge in [0.15, 0.2) is 0 Å². The Labute approximate surface area is 63.1 Å². The number of pyridine rings is 1. The predicted octanol–water partition coefficient (Wildman–Crippen LogP) is 0.370. The molecule has 0 aliphatic rings. The maximum atomic E-state index is 8.23. The molecule has 1 aromatic heterocycles. The highest BCUT2D eigenvalue weighted by Gasteiger charge is 1.81. The average molecular weight is 148 g/mol. The van der Waals surface area contributed by atoms with Gasteiger partial charge in [0.25, 0.3) is 0 Å². The molecule has 1 rings (SSSR count). The van der Waals surface area contributed by atoms with Gasteiger partial charge in [0.05, 0.1) is 0 Å². The van der Waals surface area contributed by atoms with Crippen LogP contribution in [0.15, 0.2) is 24.4 Å². The summed E-state index contributed by atoms with van der Waals surface area (Å²) in [7, 11) is 0. The lowest BCUT2D eigenvalue weighted by molar-refractivity contribution is -0.191. The highest BCUT2D eigenvalue weighted by Crippen LogP contribution is 1.86. The Morgan fingerprint density at radius 1 is 1.36 bits per heavy atom. The first-order valence-corrected chi connectivity index (χ1v) is 2.65. The SMILES string of the molecule is N#Cc1ccccn1.O=C=O. The van der Waals surface area contributed by atoms with Gasteiger partial charge in [-0.3, -0.25) is 0 Å². The fourth-order valence-electron chi connectivity index (χ4n) is 0.429. The number of nitriles is 1. The van der Waals surface area contributed by atoms with Gasteiger partial charge in [-0.2, -0.15) is 14.9 Å². The van der Waals surface area contributed by atoms with Crippen molar-refractivity contribution in [2.45, 2.75) is 0 Å². The third kappa shape index (κ3) is 4.52. The summed E-state index contributed by atoms with van der Waals surface area (Å²) in [5, 5.41) is 8.23. The molecule has 11 heavy (non-hydrogen) atoms. The summed E-state index contributed by atoms with van der Waals surface area (Å²) in [6.07, 6.45) is 1.85. The lowest BCUT2D eigenvalue weighted by Gasteiger charge is -1.79. The molecule has 0 N–H and O–H groups in total. The normalized spacial score (nSPS) is 6.45. The zero-order valence-electron chi connectivity index (χ0n) is 5.52. The van der Waals surface area contributed by atoms with Crippen LogP contribution in [0.3, 0.4) is 0 Å². The number of rotatable bonds is 0. The predicted molar refractivity (Wildman–Crippen MR) is 34.0 cm³/mol. The van der Waals surface area contributed by atoms with Gasteiger partial charge >= 0.3 is 6.15 Å². The van der Waals surface area contributed by atoms with Crippen molar-refractivity contribution < 1.29 is 9.59 Å². The molecule has 0 aliphatic heterocycles. The van der Waals surface area contributed by atoms with Gasteiger partial charge in [-0.1, -0.05) is 6.07 Å². The number of aromatic nitrogens is 1. The first-order valence-electron chi connectivity index (χ1n) is 2.65. The Kier molecular flexibility index (Phi) is 5.04. The van der Waals surface area contributed by atoms with E-state index in [1.165, 1.54) is 0 Å². The van der Waals surface area contributed by atoms with E-state index in [0.717, 1.165) is 0 Å². The molecule has 0 bridgehead atoms. The van der Waals surface area contributed by atoms with Crippen molar-refractivity contribution in [3.8, 4) is 6.07 Å². The molecule has 0 radical (unpaired) electrons. The van der Waals surface area contributed by atoms with Crippen LogP contribution in [0.1, 0.15) is 5.69 Å². The van der Waals surface area contributed by atoms with Crippen LogP contribution in [0.2, 0.25) is 0 Å². The molecule has 0 aliphatic carbocycles. The summed E-state index contributed by atoms with van der Waals surface area (Å²) < 4.78 is 0. The number of carbonyl (C=O) groups excluding carboxylic acids is 2. The maximum Gasteiger partial charge on any atom is 0.373 e. The first kappa shape index (κ1) is 9.02. The van der Waals surface area contributed by atoms with Crippen LogP contribution in [0.25, 0.3) is 0 Å². The monoisotopic (exact) mass is 148 g/mol. The maximum absolute atomic E-state index is 8.23. The van der Waals surface area contributed by atoms with Crippen LogP contribution in [0.4, 0.5) is 0 Å². The lowest BCUT2D eigenvalue weighted by atomic mass is 10.4. The van der Waals surface area contributed by atoms with E-state index in [2.05, 4.69) is 4.98 Å². The summed E-state index contributed by atoms with van der Waals surface area (Å²) in [6, 6.07) is 7.14. The smallest absolute Gasteiger partial charge is 0.246 e. The fraction of sp³-hybridized carbons (Fsp3) is 0. The summed E-state index contributed by atoms with van der Waals surface area (Å²) >= 11 is 0. The van der Waals surface area contributed by atoms with Crippen LogP contribution in [-0.4, -0.2) is 11.1 Å². The number of nitrogens with zero attached hydrogens (tertiary/aromatic N) is 2. The van der Waals surface area contributed by atoms with E-state index in [1.54, 1.807) is 24.4 Å². The van der Waals surface area contributed by atoms with Crippen molar-refractivity contribution in [3.05, 3.63) is 30.1 Å². The van der Waals surface area contributed by atoms with Gasteiger partial charge < -0.3 is 0 Å². The topological polar surface area (TPSA) is 70.8 Å². The standard InChI is InChI=1S/C6H4N2.CO2/c7-5-6-3-1-2-4-8-6;2-1-3/h1-4H;. The molecule has 0 aromatic carbocycles. The number of hydrogen-bond acceptors (Lipinski definition) is 4. The molecule has 0 amide bonds. The molecule has 54 valence electrons. The fourth-order valence-corrected chi connectivity index (χ4v) is 0.429. The first-order chi connectivity index (χ1) is 5.35. The Bertz CT molecular complexity index is 270. The van der Waals surface area contributed by atoms with E-state index in [-0.39, 0.29) is 6.15 Å². The zero-order chi connectivity index (χ0) is 8.53. The quantitative estimate of drug-likeness (QED) is 0.532. The van der Waals surface area contributed by atoms with Gasteiger partial charge in [0.1, 0.15) is 11.8 Å². The molecule has 0 saturated carbocycles. The Hall–Kier alpha value is -1.98. The Morgan fingerprint density at radius 2 is 2.00 bits per heavy atom. The molecule has 0 atom stereocenters. The van der Waals surface area contributed by atoms with Gasteiger partial charge in [0, 0.05) is 6.20 Å². The zero-order valence-corrected chi connectivity index (χ0v) is 5.52. The number of hydrogen-bond donors (Lipinski definition) is 0. The second kappa shape index (κ2) is 6.14. The highest BCUT2D eigenvalue weighted by molar-refractivity contribution is 5.20. The van der Waals surface area contributed by atoms with Crippen LogP contribution >= 0.6 is 0 Å². The average Bonchev–Trinajstić information content (AvgIpc) is 2.08. The van der Waals surface area contributed by atoms with E-state index in [0.29, 0.717) is 5.69 Å². The van der Waals surface area contributed by atoms with Crippen molar-refractivity contribution in [1.29, 1.82) is 5.26 Å². The van der Waals surface area contributed by atoms with E-state index in [9.17, 15) is 0 Å². The summed E-state index contributed by atoms with van der Waals surface area (Å²) in [5.41, 5.74) is 0.465. The summed E-state index contributed by atoms with van der Waals surface area (Å²) in [5.74, 6) is 0. The largest absolute Gasteiger partial charge is 0.373 e. The molecule has 0 unspecified atom stereocenters. The molecule has 4 heteroatoms. The van der Waals surface area contributed by atoms with Gasteiger partial charge in [-0.05, 0) is 12.1 Å². The Balaban J connectivity index is 0.000000292. The lowest BCUT2D eigenvalue weighted by Crippen LogP contribution is -1.75. The minimum atomic E-state index is 0.250. The van der Waals surface area contributed by atoms with Crippen LogP contribution in [-0.2, 0) is 9.59 Å². The van der Waals surface area contributed by atoms with Gasteiger partial charge in [-0.15, -0.1) is 0 Å². The molecule has 0 spiro atoms. The second-order valence-electron chi connectivity index (χ2n) is 1.41. The minimum Gasteiger partial charge on any atom is -0.246 e. The van der Waals surface area contributed by atoms with E-state index in [4.69, 9.17) is 14.9 Å². The van der Waals surface area contributed by atoms with E-state index >= 15 is 0 Å². The van der Waals surface area contributed by atoms with E-state index < -0.39 is 0 Å². The van der Waals surface area contributed by atoms with Crippen molar-refractivity contribution in [2.75, 3.05) is 0 Å². The van der Waals surface area contributed by atoms with E-state index in [1.807, 2.05) is 6.07 Å².